The lowest BCUT2D eigenvalue weighted by Gasteiger charge is -2.38. The molecule has 1 unspecified atom stereocenters. The van der Waals surface area contributed by atoms with Crippen LogP contribution >= 0.6 is 0 Å². The van der Waals surface area contributed by atoms with E-state index in [1.807, 2.05) is 12.1 Å². The van der Waals surface area contributed by atoms with Crippen molar-refractivity contribution >= 4 is 22.8 Å². The molecule has 1 N–H and O–H groups in total. The van der Waals surface area contributed by atoms with Crippen molar-refractivity contribution in [3.8, 4) is 5.75 Å². The molecule has 0 saturated carbocycles. The maximum atomic E-state index is 12.4. The second-order valence-corrected chi connectivity index (χ2v) is 7.59. The Morgan fingerprint density at radius 2 is 2.00 bits per heavy atom. The first-order chi connectivity index (χ1) is 15.5. The van der Waals surface area contributed by atoms with Gasteiger partial charge in [-0.15, -0.1) is 13.2 Å². The van der Waals surface area contributed by atoms with E-state index in [-0.39, 0.29) is 6.10 Å². The highest BCUT2D eigenvalue weighted by Crippen LogP contribution is 2.38. The van der Waals surface area contributed by atoms with Gasteiger partial charge in [0.05, 0.1) is 38.0 Å². The van der Waals surface area contributed by atoms with Gasteiger partial charge in [0.25, 0.3) is 0 Å². The van der Waals surface area contributed by atoms with Gasteiger partial charge in [-0.3, -0.25) is 0 Å². The summed E-state index contributed by atoms with van der Waals surface area (Å²) in [5.41, 5.74) is 1.22. The molecule has 1 aliphatic heterocycles. The number of hydrogen-bond acceptors (Lipinski definition) is 5. The van der Waals surface area contributed by atoms with E-state index < -0.39 is 18.1 Å². The molecule has 0 aliphatic carbocycles. The van der Waals surface area contributed by atoms with Gasteiger partial charge in [0.2, 0.25) is 0 Å². The highest BCUT2D eigenvalue weighted by molar-refractivity contribution is 6.06. The van der Waals surface area contributed by atoms with Gasteiger partial charge in [0, 0.05) is 6.54 Å². The molecular weight excluding hydrogens is 410 g/mol. The number of amides is 1. The Kier molecular flexibility index (Phi) is 7.89. The highest BCUT2D eigenvalue weighted by atomic mass is 16.5. The number of fused-ring (bicyclic) bond motifs is 1. The lowest BCUT2D eigenvalue weighted by molar-refractivity contribution is 0.000532. The third kappa shape index (κ3) is 5.11. The van der Waals surface area contributed by atoms with Crippen LogP contribution in [0.25, 0.3) is 10.8 Å². The molecular formula is C25H29NO6. The molecule has 1 fully saturated rings. The van der Waals surface area contributed by atoms with Crippen molar-refractivity contribution in [3.05, 3.63) is 66.8 Å². The SMILES string of the molecule is C=CCCOc1ccc2c(C(=O)OC)ccc([C@@H]3CC(OCC=C)CCN3C(=O)O)c2c1. The Hall–Kier alpha value is -3.32. The average molecular weight is 440 g/mol. The third-order valence-electron chi connectivity index (χ3n) is 5.63. The zero-order valence-corrected chi connectivity index (χ0v) is 18.3. The minimum Gasteiger partial charge on any atom is -0.493 e. The first-order valence-corrected chi connectivity index (χ1v) is 10.6. The number of carbonyl (C=O) groups is 2. The lowest BCUT2D eigenvalue weighted by Crippen LogP contribution is -2.42. The Morgan fingerprint density at radius 3 is 2.69 bits per heavy atom. The van der Waals surface area contributed by atoms with Gasteiger partial charge in [0.15, 0.2) is 0 Å². The molecule has 7 heteroatoms. The van der Waals surface area contributed by atoms with E-state index in [0.29, 0.717) is 55.7 Å². The first-order valence-electron chi connectivity index (χ1n) is 10.6. The molecule has 0 spiro atoms. The number of benzene rings is 2. The van der Waals surface area contributed by atoms with Gasteiger partial charge in [-0.1, -0.05) is 18.2 Å². The highest BCUT2D eigenvalue weighted by Gasteiger charge is 2.34. The fourth-order valence-electron chi connectivity index (χ4n) is 4.09. The summed E-state index contributed by atoms with van der Waals surface area (Å²) in [5.74, 6) is 0.188. The molecule has 3 rings (SSSR count). The average Bonchev–Trinajstić information content (AvgIpc) is 2.81. The van der Waals surface area contributed by atoms with Gasteiger partial charge in [-0.2, -0.15) is 0 Å². The van der Waals surface area contributed by atoms with E-state index in [0.717, 1.165) is 10.9 Å². The minimum absolute atomic E-state index is 0.0871. The van der Waals surface area contributed by atoms with Crippen molar-refractivity contribution in [1.29, 1.82) is 0 Å². The molecule has 32 heavy (non-hydrogen) atoms. The zero-order chi connectivity index (χ0) is 23.1. The Labute approximate surface area is 187 Å². The summed E-state index contributed by atoms with van der Waals surface area (Å²) in [5, 5.41) is 11.3. The predicted octanol–water partition coefficient (Wildman–Crippen LogP) is 4.97. The van der Waals surface area contributed by atoms with Crippen molar-refractivity contribution in [3.63, 3.8) is 0 Å². The van der Waals surface area contributed by atoms with Crippen molar-refractivity contribution in [2.45, 2.75) is 31.4 Å². The van der Waals surface area contributed by atoms with Crippen molar-refractivity contribution in [1.82, 2.24) is 4.90 Å². The van der Waals surface area contributed by atoms with Crippen LogP contribution in [0.2, 0.25) is 0 Å². The van der Waals surface area contributed by atoms with E-state index in [1.54, 1.807) is 30.4 Å². The molecule has 1 amide bonds. The molecule has 7 nitrogen and oxygen atoms in total. The first kappa shape index (κ1) is 23.3. The van der Waals surface area contributed by atoms with Crippen LogP contribution < -0.4 is 4.74 Å². The molecule has 2 aromatic rings. The quantitative estimate of drug-likeness (QED) is 0.337. The van der Waals surface area contributed by atoms with E-state index in [9.17, 15) is 14.7 Å². The second-order valence-electron chi connectivity index (χ2n) is 7.59. The van der Waals surface area contributed by atoms with Crippen LogP contribution in [0.1, 0.15) is 41.2 Å². The summed E-state index contributed by atoms with van der Waals surface area (Å²) < 4.78 is 16.6. The normalized spacial score (nSPS) is 18.2. The smallest absolute Gasteiger partial charge is 0.407 e. The van der Waals surface area contributed by atoms with Crippen LogP contribution in [0.15, 0.2) is 55.6 Å². The molecule has 1 saturated heterocycles. The van der Waals surface area contributed by atoms with Crippen molar-refractivity contribution < 1.29 is 28.9 Å². The summed E-state index contributed by atoms with van der Waals surface area (Å²) in [6.07, 6.45) is 4.21. The standard InChI is InChI=1S/C25H29NO6/c1-4-6-14-32-17-7-8-19-21(24(27)30-3)10-9-20(22(19)15-17)23-16-18(31-13-5-2)11-12-26(23)25(28)29/h4-5,7-10,15,18,23H,1-2,6,11-14,16H2,3H3,(H,28,29)/t18?,23-/m0/s1. The zero-order valence-electron chi connectivity index (χ0n) is 18.3. The summed E-state index contributed by atoms with van der Waals surface area (Å²) in [6.45, 7) is 8.63. The maximum Gasteiger partial charge on any atom is 0.407 e. The molecule has 0 bridgehead atoms. The Balaban J connectivity index is 2.09. The largest absolute Gasteiger partial charge is 0.493 e. The van der Waals surface area contributed by atoms with E-state index in [1.165, 1.54) is 12.0 Å². The van der Waals surface area contributed by atoms with Crippen LogP contribution in [0, 0.1) is 0 Å². The topological polar surface area (TPSA) is 85.3 Å². The molecule has 170 valence electrons. The molecule has 2 atom stereocenters. The van der Waals surface area contributed by atoms with Crippen LogP contribution in [0.3, 0.4) is 0 Å². The number of likely N-dealkylation sites (tertiary alicyclic amines) is 1. The van der Waals surface area contributed by atoms with Crippen LogP contribution in [-0.2, 0) is 9.47 Å². The molecule has 1 heterocycles. The maximum absolute atomic E-state index is 12.4. The molecule has 2 aromatic carbocycles. The number of nitrogens with zero attached hydrogens (tertiary/aromatic N) is 1. The number of hydrogen-bond donors (Lipinski definition) is 1. The lowest BCUT2D eigenvalue weighted by atomic mass is 9.88. The van der Waals surface area contributed by atoms with Gasteiger partial charge in [-0.05, 0) is 59.9 Å². The monoisotopic (exact) mass is 439 g/mol. The summed E-state index contributed by atoms with van der Waals surface area (Å²) in [4.78, 5) is 25.8. The van der Waals surface area contributed by atoms with Crippen LogP contribution in [0.4, 0.5) is 4.79 Å². The van der Waals surface area contributed by atoms with Crippen molar-refractivity contribution in [2.75, 3.05) is 26.9 Å². The molecule has 0 radical (unpaired) electrons. The number of esters is 1. The van der Waals surface area contributed by atoms with E-state index in [2.05, 4.69) is 13.2 Å². The van der Waals surface area contributed by atoms with Crippen LogP contribution in [0.5, 0.6) is 5.75 Å². The Morgan fingerprint density at radius 1 is 1.19 bits per heavy atom. The summed E-state index contributed by atoms with van der Waals surface area (Å²) in [7, 11) is 1.34. The van der Waals surface area contributed by atoms with E-state index >= 15 is 0 Å². The fourth-order valence-corrected chi connectivity index (χ4v) is 4.09. The molecule has 0 aromatic heterocycles. The third-order valence-corrected chi connectivity index (χ3v) is 5.63. The van der Waals surface area contributed by atoms with Crippen LogP contribution in [-0.4, -0.2) is 55.0 Å². The second kappa shape index (κ2) is 10.8. The van der Waals surface area contributed by atoms with E-state index in [4.69, 9.17) is 14.2 Å². The number of rotatable bonds is 9. The predicted molar refractivity (Wildman–Crippen MR) is 122 cm³/mol. The van der Waals surface area contributed by atoms with Crippen molar-refractivity contribution in [2.24, 2.45) is 0 Å². The number of carbonyl (C=O) groups excluding carboxylic acids is 1. The van der Waals surface area contributed by atoms with Gasteiger partial charge < -0.3 is 24.2 Å². The number of ether oxygens (including phenoxy) is 3. The Bertz CT molecular complexity index is 1000. The minimum atomic E-state index is -0.985. The number of methoxy groups -OCH3 is 1. The number of piperidine rings is 1. The molecule has 1 aliphatic rings. The summed E-state index contributed by atoms with van der Waals surface area (Å²) in [6, 6.07) is 8.54. The number of carboxylic acid groups (broad SMARTS) is 1. The van der Waals surface area contributed by atoms with Gasteiger partial charge in [0.1, 0.15) is 5.75 Å². The fraction of sp³-hybridized carbons (Fsp3) is 0.360. The summed E-state index contributed by atoms with van der Waals surface area (Å²) >= 11 is 0. The van der Waals surface area contributed by atoms with Gasteiger partial charge in [-0.25, -0.2) is 9.59 Å². The van der Waals surface area contributed by atoms with Gasteiger partial charge >= 0.3 is 12.1 Å².